The number of rotatable bonds is 4. The van der Waals surface area contributed by atoms with Gasteiger partial charge in [0.25, 0.3) is 0 Å². The molecule has 1 atom stereocenters. The smallest absolute Gasteiger partial charge is 0.414 e. The van der Waals surface area contributed by atoms with E-state index in [1.54, 1.807) is 4.90 Å². The number of nitrogens with one attached hydrogen (secondary N) is 1. The number of aryl methyl sites for hydroxylation is 2. The first-order chi connectivity index (χ1) is 16.9. The number of benzene rings is 2. The fraction of sp³-hybridized carbons (Fsp3) is 0.444. The van der Waals surface area contributed by atoms with Crippen molar-refractivity contribution in [3.63, 3.8) is 0 Å². The Morgan fingerprint density at radius 1 is 1.06 bits per heavy atom. The summed E-state index contributed by atoms with van der Waals surface area (Å²) in [6.07, 6.45) is 4.18. The van der Waals surface area contributed by atoms with E-state index in [-0.39, 0.29) is 24.1 Å². The minimum absolute atomic E-state index is 0.0472. The Balaban J connectivity index is 1.61. The Hall–Kier alpha value is -3.55. The lowest BCUT2D eigenvalue weighted by Gasteiger charge is -2.34. The highest BCUT2D eigenvalue weighted by Crippen LogP contribution is 2.41. The molecule has 2 N–H and O–H groups in total. The van der Waals surface area contributed by atoms with Crippen LogP contribution in [-0.4, -0.2) is 39.9 Å². The van der Waals surface area contributed by atoms with Gasteiger partial charge in [-0.3, -0.25) is 9.69 Å². The third-order valence-electron chi connectivity index (χ3n) is 7.54. The molecule has 0 unspecified atom stereocenters. The van der Waals surface area contributed by atoms with Gasteiger partial charge >= 0.3 is 12.1 Å². The second kappa shape index (κ2) is 9.24. The van der Waals surface area contributed by atoms with Crippen LogP contribution in [0.15, 0.2) is 36.4 Å². The molecule has 1 fully saturated rings. The van der Waals surface area contributed by atoms with Crippen molar-refractivity contribution in [1.29, 1.82) is 0 Å². The number of hydrogen-bond acceptors (Lipinski definition) is 5. The Labute approximate surface area is 204 Å². The quantitative estimate of drug-likeness (QED) is 0.493. The summed E-state index contributed by atoms with van der Waals surface area (Å²) >= 11 is 0. The summed E-state index contributed by atoms with van der Waals surface area (Å²) < 4.78 is 7.32. The third-order valence-corrected chi connectivity index (χ3v) is 7.54. The van der Waals surface area contributed by atoms with Gasteiger partial charge in [0, 0.05) is 23.3 Å². The SMILES string of the molecule is COC(=O)N1c2ccc3c(nc(Nc4ccc(C)cc4)n3C3CCC(C(=O)O)CC3)c2CC[C@@H]1C. The van der Waals surface area contributed by atoms with Crippen LogP contribution in [0, 0.1) is 12.8 Å². The number of aliphatic carboxylic acids is 1. The molecule has 8 heteroatoms. The number of anilines is 3. The number of ether oxygens (including phenoxy) is 1. The van der Waals surface area contributed by atoms with Crippen LogP contribution in [0.1, 0.15) is 56.2 Å². The van der Waals surface area contributed by atoms with E-state index in [0.29, 0.717) is 12.8 Å². The number of amides is 1. The molecule has 0 radical (unpaired) electrons. The maximum Gasteiger partial charge on any atom is 0.414 e. The van der Waals surface area contributed by atoms with Gasteiger partial charge in [0.2, 0.25) is 5.95 Å². The van der Waals surface area contributed by atoms with E-state index < -0.39 is 5.97 Å². The fourth-order valence-corrected chi connectivity index (χ4v) is 5.58. The van der Waals surface area contributed by atoms with Crippen LogP contribution in [0.3, 0.4) is 0 Å². The van der Waals surface area contributed by atoms with E-state index in [2.05, 4.69) is 28.9 Å². The minimum Gasteiger partial charge on any atom is -0.481 e. The minimum atomic E-state index is -0.706. The molecule has 2 aliphatic rings. The summed E-state index contributed by atoms with van der Waals surface area (Å²) in [4.78, 5) is 30.9. The lowest BCUT2D eigenvalue weighted by molar-refractivity contribution is -0.143. The van der Waals surface area contributed by atoms with E-state index in [4.69, 9.17) is 9.72 Å². The molecule has 1 aromatic heterocycles. The molecule has 1 aliphatic heterocycles. The maximum absolute atomic E-state index is 12.6. The zero-order valence-corrected chi connectivity index (χ0v) is 20.5. The lowest BCUT2D eigenvalue weighted by Crippen LogP contribution is -2.42. The van der Waals surface area contributed by atoms with Gasteiger partial charge in [-0.05, 0) is 76.6 Å². The average Bonchev–Trinajstić information content (AvgIpc) is 3.23. The number of aromatic nitrogens is 2. The van der Waals surface area contributed by atoms with Gasteiger partial charge in [0.15, 0.2) is 0 Å². The Morgan fingerprint density at radius 3 is 2.43 bits per heavy atom. The first kappa shape index (κ1) is 23.2. The largest absolute Gasteiger partial charge is 0.481 e. The van der Waals surface area contributed by atoms with E-state index in [1.807, 2.05) is 31.2 Å². The van der Waals surface area contributed by atoms with Crippen molar-refractivity contribution in [2.45, 2.75) is 64.5 Å². The van der Waals surface area contributed by atoms with Gasteiger partial charge in [0.1, 0.15) is 0 Å². The van der Waals surface area contributed by atoms with Crippen LogP contribution in [-0.2, 0) is 16.0 Å². The van der Waals surface area contributed by atoms with Crippen molar-refractivity contribution < 1.29 is 19.4 Å². The predicted octanol–water partition coefficient (Wildman–Crippen LogP) is 5.81. The number of carboxylic acid groups (broad SMARTS) is 1. The molecule has 1 amide bonds. The normalized spacial score (nSPS) is 22.0. The van der Waals surface area contributed by atoms with Crippen molar-refractivity contribution >= 4 is 40.4 Å². The molecule has 5 rings (SSSR count). The molecule has 0 bridgehead atoms. The number of carbonyl (C=O) groups is 2. The lowest BCUT2D eigenvalue weighted by atomic mass is 9.86. The van der Waals surface area contributed by atoms with Crippen LogP contribution < -0.4 is 10.2 Å². The van der Waals surface area contributed by atoms with Gasteiger partial charge < -0.3 is 19.7 Å². The summed E-state index contributed by atoms with van der Waals surface area (Å²) in [7, 11) is 1.41. The van der Waals surface area contributed by atoms with Crippen molar-refractivity contribution in [3.05, 3.63) is 47.5 Å². The molecule has 3 aromatic rings. The molecule has 0 saturated heterocycles. The molecule has 1 saturated carbocycles. The Morgan fingerprint density at radius 2 is 1.77 bits per heavy atom. The van der Waals surface area contributed by atoms with E-state index in [9.17, 15) is 14.7 Å². The number of carbonyl (C=O) groups excluding carboxylic acids is 1. The molecule has 35 heavy (non-hydrogen) atoms. The second-order valence-electron chi connectivity index (χ2n) is 9.80. The summed E-state index contributed by atoms with van der Waals surface area (Å²) in [5.74, 6) is -0.236. The number of hydrogen-bond donors (Lipinski definition) is 2. The van der Waals surface area contributed by atoms with E-state index in [0.717, 1.165) is 59.6 Å². The average molecular weight is 477 g/mol. The highest BCUT2D eigenvalue weighted by atomic mass is 16.5. The van der Waals surface area contributed by atoms with Gasteiger partial charge in [-0.1, -0.05) is 17.7 Å². The van der Waals surface area contributed by atoms with Crippen LogP contribution in [0.2, 0.25) is 0 Å². The van der Waals surface area contributed by atoms with Gasteiger partial charge in [-0.15, -0.1) is 0 Å². The summed E-state index contributed by atoms with van der Waals surface area (Å²) in [5.41, 5.74) is 5.93. The molecular formula is C27H32N4O4. The van der Waals surface area contributed by atoms with Crippen LogP contribution in [0.25, 0.3) is 11.0 Å². The summed E-state index contributed by atoms with van der Waals surface area (Å²) in [6.45, 7) is 4.09. The number of carboxylic acids is 1. The first-order valence-corrected chi connectivity index (χ1v) is 12.3. The second-order valence-corrected chi connectivity index (χ2v) is 9.80. The Bertz CT molecular complexity index is 1260. The number of fused-ring (bicyclic) bond motifs is 3. The summed E-state index contributed by atoms with van der Waals surface area (Å²) in [6, 6.07) is 12.4. The molecule has 184 valence electrons. The van der Waals surface area contributed by atoms with Crippen LogP contribution in [0.4, 0.5) is 22.1 Å². The van der Waals surface area contributed by atoms with Crippen molar-refractivity contribution in [2.75, 3.05) is 17.3 Å². The van der Waals surface area contributed by atoms with Crippen molar-refractivity contribution in [1.82, 2.24) is 9.55 Å². The fourth-order valence-electron chi connectivity index (χ4n) is 5.58. The molecule has 1 aliphatic carbocycles. The van der Waals surface area contributed by atoms with Gasteiger partial charge in [-0.25, -0.2) is 9.78 Å². The highest BCUT2D eigenvalue weighted by Gasteiger charge is 2.33. The van der Waals surface area contributed by atoms with Gasteiger partial charge in [-0.2, -0.15) is 0 Å². The van der Waals surface area contributed by atoms with Gasteiger partial charge in [0.05, 0.1) is 29.7 Å². The van der Waals surface area contributed by atoms with Crippen molar-refractivity contribution in [3.8, 4) is 0 Å². The van der Waals surface area contributed by atoms with E-state index in [1.165, 1.54) is 12.7 Å². The van der Waals surface area contributed by atoms with Crippen LogP contribution in [0.5, 0.6) is 0 Å². The monoisotopic (exact) mass is 476 g/mol. The standard InChI is InChI=1S/C27H32N4O4/c1-16-4-9-19(10-5-16)28-26-29-24-21-13-6-17(2)30(27(34)35-3)22(21)14-15-23(24)31(26)20-11-7-18(8-12-20)25(32)33/h4-5,9-10,14-15,17-18,20H,6-8,11-13H2,1-3H3,(H,28,29)(H,32,33)/t17-,18?,20?/m0/s1. The number of methoxy groups -OCH3 is 1. The molecular weight excluding hydrogens is 444 g/mol. The topological polar surface area (TPSA) is 96.7 Å². The zero-order valence-electron chi connectivity index (χ0n) is 20.5. The number of imidazole rings is 1. The van der Waals surface area contributed by atoms with E-state index >= 15 is 0 Å². The highest BCUT2D eigenvalue weighted by molar-refractivity contribution is 5.96. The zero-order chi connectivity index (χ0) is 24.7. The molecule has 2 heterocycles. The maximum atomic E-state index is 12.6. The first-order valence-electron chi connectivity index (χ1n) is 12.3. The Kier molecular flexibility index (Phi) is 6.13. The van der Waals surface area contributed by atoms with Crippen molar-refractivity contribution in [2.24, 2.45) is 5.92 Å². The molecule has 8 nitrogen and oxygen atoms in total. The predicted molar refractivity (Wildman–Crippen MR) is 135 cm³/mol. The number of nitrogens with zero attached hydrogens (tertiary/aromatic N) is 3. The van der Waals surface area contributed by atoms with Crippen LogP contribution >= 0.6 is 0 Å². The molecule has 2 aromatic carbocycles. The third kappa shape index (κ3) is 4.22. The summed E-state index contributed by atoms with van der Waals surface area (Å²) in [5, 5.41) is 13.0. The molecule has 0 spiro atoms.